The number of allylic oxidation sites excluding steroid dienone is 2. The average molecular weight is 347 g/mol. The molecule has 0 aromatic heterocycles. The Hall–Kier alpha value is -2.67. The van der Waals surface area contributed by atoms with Crippen molar-refractivity contribution < 1.29 is 19.4 Å². The monoisotopic (exact) mass is 347 g/mol. The van der Waals surface area contributed by atoms with Gasteiger partial charge in [-0.25, -0.2) is 0 Å². The first-order chi connectivity index (χ1) is 12.1. The number of aliphatic hydroxyl groups excluding tert-OH is 1. The Bertz CT molecular complexity index is 670. The molecule has 7 heteroatoms. The van der Waals surface area contributed by atoms with E-state index in [4.69, 9.17) is 15.2 Å². The first-order valence-electron chi connectivity index (χ1n) is 8.25. The molecule has 1 heterocycles. The van der Waals surface area contributed by atoms with E-state index in [1.165, 1.54) is 0 Å². The fourth-order valence-electron chi connectivity index (χ4n) is 2.39. The van der Waals surface area contributed by atoms with Gasteiger partial charge in [0.05, 0.1) is 6.61 Å². The summed E-state index contributed by atoms with van der Waals surface area (Å²) in [5.41, 5.74) is 7.32. The Balaban J connectivity index is 2.09. The van der Waals surface area contributed by atoms with Gasteiger partial charge < -0.3 is 30.5 Å². The molecule has 1 aliphatic heterocycles. The van der Waals surface area contributed by atoms with Crippen LogP contribution >= 0.6 is 0 Å². The highest BCUT2D eigenvalue weighted by atomic mass is 16.7. The SMILES string of the molecule is CC/C=C/CN(CCO)/C(C)=C(\N)C(=O)Nc1ccc2c(c1)OCO2. The van der Waals surface area contributed by atoms with Gasteiger partial charge in [0.1, 0.15) is 5.70 Å². The minimum atomic E-state index is -0.404. The van der Waals surface area contributed by atoms with Crippen LogP contribution in [0.1, 0.15) is 20.3 Å². The number of anilines is 1. The Morgan fingerprint density at radius 1 is 1.36 bits per heavy atom. The molecule has 0 saturated carbocycles. The molecule has 7 nitrogen and oxygen atoms in total. The summed E-state index contributed by atoms with van der Waals surface area (Å²) >= 11 is 0. The van der Waals surface area contributed by atoms with E-state index in [9.17, 15) is 9.90 Å². The summed E-state index contributed by atoms with van der Waals surface area (Å²) in [5.74, 6) is 0.831. The van der Waals surface area contributed by atoms with Gasteiger partial charge in [0, 0.05) is 30.5 Å². The molecule has 0 bridgehead atoms. The summed E-state index contributed by atoms with van der Waals surface area (Å²) in [6.07, 6.45) is 4.94. The fourth-order valence-corrected chi connectivity index (χ4v) is 2.39. The molecule has 0 radical (unpaired) electrons. The minimum Gasteiger partial charge on any atom is -0.454 e. The zero-order chi connectivity index (χ0) is 18.2. The number of nitrogens with zero attached hydrogens (tertiary/aromatic N) is 1. The number of aliphatic hydroxyl groups is 1. The van der Waals surface area contributed by atoms with Crippen LogP contribution in [0.25, 0.3) is 0 Å². The topological polar surface area (TPSA) is 97.1 Å². The molecule has 0 atom stereocenters. The Labute approximate surface area is 147 Å². The second-order valence-corrected chi connectivity index (χ2v) is 5.57. The van der Waals surface area contributed by atoms with Crippen LogP contribution in [0.15, 0.2) is 41.7 Å². The van der Waals surface area contributed by atoms with Crippen LogP contribution < -0.4 is 20.5 Å². The van der Waals surface area contributed by atoms with Crippen molar-refractivity contribution >= 4 is 11.6 Å². The molecule has 0 aliphatic carbocycles. The fraction of sp³-hybridized carbons (Fsp3) is 0.389. The van der Waals surface area contributed by atoms with E-state index >= 15 is 0 Å². The molecule has 0 fully saturated rings. The molecular weight excluding hydrogens is 322 g/mol. The number of hydrogen-bond donors (Lipinski definition) is 3. The highest BCUT2D eigenvalue weighted by Gasteiger charge is 2.17. The van der Waals surface area contributed by atoms with Gasteiger partial charge in [0.25, 0.3) is 5.91 Å². The second kappa shape index (κ2) is 8.98. The van der Waals surface area contributed by atoms with Crippen molar-refractivity contribution in [2.24, 2.45) is 5.73 Å². The van der Waals surface area contributed by atoms with Crippen molar-refractivity contribution in [3.63, 3.8) is 0 Å². The predicted octanol–water partition coefficient (Wildman–Crippen LogP) is 1.80. The lowest BCUT2D eigenvalue weighted by atomic mass is 10.2. The summed E-state index contributed by atoms with van der Waals surface area (Å²) in [7, 11) is 0. The highest BCUT2D eigenvalue weighted by molar-refractivity contribution is 6.03. The van der Waals surface area contributed by atoms with Gasteiger partial charge in [-0.05, 0) is 25.5 Å². The zero-order valence-corrected chi connectivity index (χ0v) is 14.6. The van der Waals surface area contributed by atoms with E-state index in [0.29, 0.717) is 36.0 Å². The van der Waals surface area contributed by atoms with Crippen molar-refractivity contribution in [3.8, 4) is 11.5 Å². The lowest BCUT2D eigenvalue weighted by molar-refractivity contribution is -0.113. The molecule has 0 saturated heterocycles. The second-order valence-electron chi connectivity index (χ2n) is 5.57. The van der Waals surface area contributed by atoms with Crippen LogP contribution in [-0.2, 0) is 4.79 Å². The molecule has 136 valence electrons. The van der Waals surface area contributed by atoms with Crippen LogP contribution in [0.2, 0.25) is 0 Å². The van der Waals surface area contributed by atoms with E-state index in [1.54, 1.807) is 25.1 Å². The number of nitrogens with one attached hydrogen (secondary N) is 1. The number of amides is 1. The summed E-state index contributed by atoms with van der Waals surface area (Å²) in [6, 6.07) is 5.15. The lowest BCUT2D eigenvalue weighted by Crippen LogP contribution is -2.31. The van der Waals surface area contributed by atoms with Crippen molar-refractivity contribution in [1.82, 2.24) is 4.90 Å². The maximum Gasteiger partial charge on any atom is 0.273 e. The molecule has 2 rings (SSSR count). The highest BCUT2D eigenvalue weighted by Crippen LogP contribution is 2.34. The summed E-state index contributed by atoms with van der Waals surface area (Å²) in [6.45, 7) is 4.95. The van der Waals surface area contributed by atoms with Crippen molar-refractivity contribution in [2.45, 2.75) is 20.3 Å². The Morgan fingerprint density at radius 3 is 2.84 bits per heavy atom. The van der Waals surface area contributed by atoms with Crippen LogP contribution in [0.4, 0.5) is 5.69 Å². The number of carbonyl (C=O) groups excluding carboxylic acids is 1. The zero-order valence-electron chi connectivity index (χ0n) is 14.6. The first-order valence-corrected chi connectivity index (χ1v) is 8.25. The van der Waals surface area contributed by atoms with E-state index in [-0.39, 0.29) is 19.1 Å². The predicted molar refractivity (Wildman–Crippen MR) is 96.2 cm³/mol. The average Bonchev–Trinajstić information content (AvgIpc) is 3.07. The standard InChI is InChI=1S/C18H25N3O4/c1-3-4-5-8-21(9-10-22)13(2)17(19)18(23)20-14-6-7-15-16(11-14)25-12-24-15/h4-7,11,22H,3,8-10,12,19H2,1-2H3,(H,20,23)/b5-4+,17-13-. The third kappa shape index (κ3) is 4.90. The minimum absolute atomic E-state index is 0.0195. The van der Waals surface area contributed by atoms with Gasteiger partial charge in [-0.2, -0.15) is 0 Å². The van der Waals surface area contributed by atoms with Crippen LogP contribution in [0.3, 0.4) is 0 Å². The van der Waals surface area contributed by atoms with E-state index in [2.05, 4.69) is 5.32 Å². The van der Waals surface area contributed by atoms with Gasteiger partial charge >= 0.3 is 0 Å². The van der Waals surface area contributed by atoms with Crippen molar-refractivity contribution in [1.29, 1.82) is 0 Å². The van der Waals surface area contributed by atoms with Crippen LogP contribution in [0.5, 0.6) is 11.5 Å². The van der Waals surface area contributed by atoms with E-state index in [0.717, 1.165) is 6.42 Å². The number of nitrogens with two attached hydrogens (primary N) is 1. The molecule has 0 unspecified atom stereocenters. The number of ether oxygens (including phenoxy) is 2. The summed E-state index contributed by atoms with van der Waals surface area (Å²) < 4.78 is 10.5. The number of benzene rings is 1. The summed E-state index contributed by atoms with van der Waals surface area (Å²) in [4.78, 5) is 14.3. The van der Waals surface area contributed by atoms with E-state index in [1.807, 2.05) is 24.0 Å². The molecular formula is C18H25N3O4. The number of rotatable bonds is 8. The maximum absolute atomic E-state index is 12.4. The largest absolute Gasteiger partial charge is 0.454 e. The number of fused-ring (bicyclic) bond motifs is 1. The van der Waals surface area contributed by atoms with Gasteiger partial charge in [0.2, 0.25) is 6.79 Å². The molecule has 25 heavy (non-hydrogen) atoms. The molecule has 4 N–H and O–H groups in total. The molecule has 1 amide bonds. The normalized spacial score (nSPS) is 13.7. The number of carbonyl (C=O) groups is 1. The molecule has 1 aliphatic rings. The number of hydrogen-bond acceptors (Lipinski definition) is 6. The molecule has 1 aromatic rings. The Kier molecular flexibility index (Phi) is 6.71. The maximum atomic E-state index is 12.4. The van der Waals surface area contributed by atoms with Crippen LogP contribution in [0, 0.1) is 0 Å². The van der Waals surface area contributed by atoms with Crippen LogP contribution in [-0.4, -0.2) is 42.4 Å². The first kappa shape index (κ1) is 18.7. The smallest absolute Gasteiger partial charge is 0.273 e. The third-order valence-electron chi connectivity index (χ3n) is 3.84. The van der Waals surface area contributed by atoms with Crippen molar-refractivity contribution in [3.05, 3.63) is 41.7 Å². The molecule has 1 aromatic carbocycles. The quantitative estimate of drug-likeness (QED) is 0.490. The van der Waals surface area contributed by atoms with Gasteiger partial charge in [0.15, 0.2) is 11.5 Å². The van der Waals surface area contributed by atoms with Crippen molar-refractivity contribution in [2.75, 3.05) is 31.8 Å². The van der Waals surface area contributed by atoms with Gasteiger partial charge in [-0.3, -0.25) is 4.79 Å². The lowest BCUT2D eigenvalue weighted by Gasteiger charge is -2.24. The van der Waals surface area contributed by atoms with Gasteiger partial charge in [-0.15, -0.1) is 0 Å². The summed E-state index contributed by atoms with van der Waals surface area (Å²) in [5, 5.41) is 12.0. The third-order valence-corrected chi connectivity index (χ3v) is 3.84. The van der Waals surface area contributed by atoms with E-state index < -0.39 is 5.91 Å². The van der Waals surface area contributed by atoms with Gasteiger partial charge in [-0.1, -0.05) is 19.1 Å². The Morgan fingerprint density at radius 2 is 2.12 bits per heavy atom. The molecule has 0 spiro atoms.